The van der Waals surface area contributed by atoms with Crippen LogP contribution in [0.15, 0.2) is 53.3 Å². The molecule has 0 bridgehead atoms. The molecular weight excluding hydrogens is 238 g/mol. The van der Waals surface area contributed by atoms with Crippen LogP contribution in [0.5, 0.6) is 0 Å². The molecule has 0 aliphatic rings. The first-order valence-corrected chi connectivity index (χ1v) is 6.15. The van der Waals surface area contributed by atoms with Gasteiger partial charge in [0.2, 0.25) is 0 Å². The zero-order valence-corrected chi connectivity index (χ0v) is 10.6. The lowest BCUT2D eigenvalue weighted by molar-refractivity contribution is 0.450. The molecule has 3 aromatic rings. The number of nitrogens with two attached hydrogens (primary N) is 1. The van der Waals surface area contributed by atoms with Crippen LogP contribution < -0.4 is 11.3 Å². The molecule has 0 radical (unpaired) electrons. The second-order valence-corrected chi connectivity index (χ2v) is 4.48. The van der Waals surface area contributed by atoms with Crippen molar-refractivity contribution in [3.63, 3.8) is 0 Å². The van der Waals surface area contributed by atoms with E-state index in [1.807, 2.05) is 43.3 Å². The highest BCUT2D eigenvalue weighted by Gasteiger charge is 2.19. The van der Waals surface area contributed by atoms with Gasteiger partial charge in [0.05, 0.1) is 11.8 Å². The monoisotopic (exact) mass is 253 g/mol. The molecule has 0 aliphatic carbocycles. The van der Waals surface area contributed by atoms with Crippen molar-refractivity contribution in [2.45, 2.75) is 13.0 Å². The summed E-state index contributed by atoms with van der Waals surface area (Å²) in [7, 11) is 0. The molecule has 4 heteroatoms. The number of pyridine rings is 1. The van der Waals surface area contributed by atoms with Gasteiger partial charge in [0.1, 0.15) is 11.8 Å². The number of furan rings is 1. The maximum absolute atomic E-state index is 5.73. The lowest BCUT2D eigenvalue weighted by Crippen LogP contribution is -2.29. The molecule has 0 aliphatic heterocycles. The minimum atomic E-state index is -0.178. The molecule has 4 nitrogen and oxygen atoms in total. The number of aryl methyl sites for hydroxylation is 1. The van der Waals surface area contributed by atoms with Crippen LogP contribution in [0.3, 0.4) is 0 Å². The summed E-state index contributed by atoms with van der Waals surface area (Å²) in [5.41, 5.74) is 5.92. The van der Waals surface area contributed by atoms with Gasteiger partial charge in [0, 0.05) is 11.6 Å². The van der Waals surface area contributed by atoms with Crippen LogP contribution in [0.4, 0.5) is 0 Å². The van der Waals surface area contributed by atoms with Crippen molar-refractivity contribution in [3.8, 4) is 0 Å². The van der Waals surface area contributed by atoms with Crippen molar-refractivity contribution < 1.29 is 4.42 Å². The maximum atomic E-state index is 5.73. The van der Waals surface area contributed by atoms with Crippen molar-refractivity contribution in [1.82, 2.24) is 10.4 Å². The average molecular weight is 253 g/mol. The Morgan fingerprint density at radius 2 is 2.11 bits per heavy atom. The van der Waals surface area contributed by atoms with Crippen molar-refractivity contribution in [3.05, 3.63) is 65.7 Å². The SMILES string of the molecule is Cc1ccoc1C(NN)c1cccc2ncccc12. The standard InChI is InChI=1S/C15H15N3O/c1-10-7-9-19-15(10)14(18-16)12-4-2-6-13-11(12)5-3-8-17-13/h2-9,14,18H,16H2,1H3. The zero-order valence-electron chi connectivity index (χ0n) is 10.6. The van der Waals surface area contributed by atoms with E-state index < -0.39 is 0 Å². The number of hydrazine groups is 1. The molecule has 2 heterocycles. The second kappa shape index (κ2) is 4.84. The van der Waals surface area contributed by atoms with Crippen LogP contribution >= 0.6 is 0 Å². The third-order valence-electron chi connectivity index (χ3n) is 3.32. The lowest BCUT2D eigenvalue weighted by atomic mass is 9.98. The van der Waals surface area contributed by atoms with Gasteiger partial charge in [0.15, 0.2) is 0 Å². The summed E-state index contributed by atoms with van der Waals surface area (Å²) in [5.74, 6) is 6.56. The van der Waals surface area contributed by atoms with Crippen LogP contribution in [-0.4, -0.2) is 4.98 Å². The van der Waals surface area contributed by atoms with E-state index in [-0.39, 0.29) is 6.04 Å². The molecular formula is C15H15N3O. The number of fused-ring (bicyclic) bond motifs is 1. The largest absolute Gasteiger partial charge is 0.467 e. The number of nitrogens with one attached hydrogen (secondary N) is 1. The van der Waals surface area contributed by atoms with Gasteiger partial charge in [-0.3, -0.25) is 10.8 Å². The molecule has 2 aromatic heterocycles. The molecule has 1 aromatic carbocycles. The highest BCUT2D eigenvalue weighted by atomic mass is 16.3. The molecule has 96 valence electrons. The number of hydrogen-bond acceptors (Lipinski definition) is 4. The Bertz CT molecular complexity index is 700. The fourth-order valence-electron chi connectivity index (χ4n) is 2.37. The van der Waals surface area contributed by atoms with Crippen molar-refractivity contribution in [2.75, 3.05) is 0 Å². The quantitative estimate of drug-likeness (QED) is 0.556. The average Bonchev–Trinajstić information content (AvgIpc) is 2.86. The topological polar surface area (TPSA) is 64.1 Å². The Morgan fingerprint density at radius 3 is 2.84 bits per heavy atom. The summed E-state index contributed by atoms with van der Waals surface area (Å²) >= 11 is 0. The van der Waals surface area contributed by atoms with Gasteiger partial charge in [-0.05, 0) is 36.2 Å². The predicted molar refractivity (Wildman–Crippen MR) is 74.4 cm³/mol. The Morgan fingerprint density at radius 1 is 1.21 bits per heavy atom. The third kappa shape index (κ3) is 2.01. The van der Waals surface area contributed by atoms with Gasteiger partial charge < -0.3 is 4.42 Å². The van der Waals surface area contributed by atoms with E-state index in [2.05, 4.69) is 10.4 Å². The molecule has 3 rings (SSSR count). The van der Waals surface area contributed by atoms with Gasteiger partial charge >= 0.3 is 0 Å². The summed E-state index contributed by atoms with van der Waals surface area (Å²) in [6.07, 6.45) is 3.47. The molecule has 19 heavy (non-hydrogen) atoms. The Kier molecular flexibility index (Phi) is 3.03. The highest BCUT2D eigenvalue weighted by Crippen LogP contribution is 2.29. The maximum Gasteiger partial charge on any atom is 0.129 e. The number of hydrogen-bond donors (Lipinski definition) is 2. The fraction of sp³-hybridized carbons (Fsp3) is 0.133. The van der Waals surface area contributed by atoms with E-state index in [0.717, 1.165) is 27.8 Å². The highest BCUT2D eigenvalue weighted by molar-refractivity contribution is 5.82. The number of benzene rings is 1. The van der Waals surface area contributed by atoms with Crippen LogP contribution in [0.2, 0.25) is 0 Å². The fourth-order valence-corrected chi connectivity index (χ4v) is 2.37. The molecule has 3 N–H and O–H groups in total. The summed E-state index contributed by atoms with van der Waals surface area (Å²) in [4.78, 5) is 4.36. The lowest BCUT2D eigenvalue weighted by Gasteiger charge is -2.17. The minimum absolute atomic E-state index is 0.178. The van der Waals surface area contributed by atoms with Crippen molar-refractivity contribution in [1.29, 1.82) is 0 Å². The molecule has 0 amide bonds. The smallest absolute Gasteiger partial charge is 0.129 e. The number of rotatable bonds is 3. The normalized spacial score (nSPS) is 12.7. The Labute approximate surface area is 111 Å². The van der Waals surface area contributed by atoms with Crippen molar-refractivity contribution in [2.24, 2.45) is 5.84 Å². The summed E-state index contributed by atoms with van der Waals surface area (Å²) in [5, 5.41) is 1.07. The molecule has 0 fully saturated rings. The van der Waals surface area contributed by atoms with E-state index in [1.165, 1.54) is 0 Å². The van der Waals surface area contributed by atoms with Gasteiger partial charge in [-0.2, -0.15) is 0 Å². The zero-order chi connectivity index (χ0) is 13.2. The van der Waals surface area contributed by atoms with Crippen LogP contribution in [-0.2, 0) is 0 Å². The van der Waals surface area contributed by atoms with Crippen molar-refractivity contribution >= 4 is 10.9 Å². The predicted octanol–water partition coefficient (Wildman–Crippen LogP) is 2.69. The van der Waals surface area contributed by atoms with Crippen LogP contribution in [0.25, 0.3) is 10.9 Å². The van der Waals surface area contributed by atoms with Gasteiger partial charge in [-0.1, -0.05) is 18.2 Å². The van der Waals surface area contributed by atoms with Gasteiger partial charge in [-0.15, -0.1) is 0 Å². The van der Waals surface area contributed by atoms with Gasteiger partial charge in [-0.25, -0.2) is 5.43 Å². The minimum Gasteiger partial charge on any atom is -0.467 e. The molecule has 0 spiro atoms. The van der Waals surface area contributed by atoms with Gasteiger partial charge in [0.25, 0.3) is 0 Å². The number of nitrogens with zero attached hydrogens (tertiary/aromatic N) is 1. The van der Waals surface area contributed by atoms with E-state index in [0.29, 0.717) is 0 Å². The third-order valence-corrected chi connectivity index (χ3v) is 3.32. The van der Waals surface area contributed by atoms with E-state index in [1.54, 1.807) is 12.5 Å². The molecule has 1 atom stereocenters. The first-order chi connectivity index (χ1) is 9.31. The summed E-state index contributed by atoms with van der Waals surface area (Å²) in [6, 6.07) is 11.7. The van der Waals surface area contributed by atoms with Crippen LogP contribution in [0, 0.1) is 6.92 Å². The van der Waals surface area contributed by atoms with Crippen LogP contribution in [0.1, 0.15) is 22.9 Å². The molecule has 1 unspecified atom stereocenters. The second-order valence-electron chi connectivity index (χ2n) is 4.48. The molecule has 0 saturated heterocycles. The van der Waals surface area contributed by atoms with E-state index >= 15 is 0 Å². The first-order valence-electron chi connectivity index (χ1n) is 6.15. The summed E-state index contributed by atoms with van der Waals surface area (Å²) < 4.78 is 5.56. The Hall–Kier alpha value is -2.17. The number of aromatic nitrogens is 1. The van der Waals surface area contributed by atoms with E-state index in [4.69, 9.17) is 10.3 Å². The van der Waals surface area contributed by atoms with E-state index in [9.17, 15) is 0 Å². The first kappa shape index (κ1) is 11.9. The summed E-state index contributed by atoms with van der Waals surface area (Å²) in [6.45, 7) is 2.01. The Balaban J connectivity index is 2.20. The molecule has 0 saturated carbocycles.